The number of carbonyl (C=O) groups is 1. The molecule has 10 heteroatoms. The molecule has 1 amide bonds. The number of anilines is 1. The maximum absolute atomic E-state index is 12.6. The number of amides is 1. The first-order valence-electron chi connectivity index (χ1n) is 8.52. The van der Waals surface area contributed by atoms with E-state index in [4.69, 9.17) is 4.74 Å². The van der Waals surface area contributed by atoms with Gasteiger partial charge in [-0.1, -0.05) is 18.2 Å². The molecular weight excluding hydrogens is 394 g/mol. The quantitative estimate of drug-likeness (QED) is 0.395. The van der Waals surface area contributed by atoms with Crippen LogP contribution in [0, 0.1) is 17.0 Å². The maximum Gasteiger partial charge on any atom is 0.273 e. The highest BCUT2D eigenvalue weighted by Crippen LogP contribution is 2.28. The van der Waals surface area contributed by atoms with E-state index in [0.717, 1.165) is 17.0 Å². The highest BCUT2D eigenvalue weighted by atomic mass is 32.1. The summed E-state index contributed by atoms with van der Waals surface area (Å²) < 4.78 is 6.90. The predicted molar refractivity (Wildman–Crippen MR) is 109 cm³/mol. The zero-order valence-electron chi connectivity index (χ0n) is 15.4. The van der Waals surface area contributed by atoms with Gasteiger partial charge in [0, 0.05) is 28.1 Å². The second-order valence-corrected chi connectivity index (χ2v) is 6.98. The van der Waals surface area contributed by atoms with Crippen molar-refractivity contribution in [3.05, 3.63) is 69.1 Å². The summed E-state index contributed by atoms with van der Waals surface area (Å²) in [5.74, 6) is 0.334. The van der Waals surface area contributed by atoms with Gasteiger partial charge in [-0.15, -0.1) is 16.4 Å². The van der Waals surface area contributed by atoms with Gasteiger partial charge in [0.15, 0.2) is 0 Å². The highest BCUT2D eigenvalue weighted by molar-refractivity contribution is 7.15. The maximum atomic E-state index is 12.6. The van der Waals surface area contributed by atoms with Crippen LogP contribution in [0.3, 0.4) is 0 Å². The van der Waals surface area contributed by atoms with E-state index in [-0.39, 0.29) is 22.8 Å². The van der Waals surface area contributed by atoms with Gasteiger partial charge in [0.2, 0.25) is 4.96 Å². The third-order valence-electron chi connectivity index (χ3n) is 4.42. The van der Waals surface area contributed by atoms with E-state index in [1.807, 2.05) is 29.6 Å². The van der Waals surface area contributed by atoms with Gasteiger partial charge < -0.3 is 4.74 Å². The van der Waals surface area contributed by atoms with Crippen LogP contribution in [0.15, 0.2) is 47.8 Å². The summed E-state index contributed by atoms with van der Waals surface area (Å²) in [4.78, 5) is 28.1. The lowest BCUT2D eigenvalue weighted by atomic mass is 10.1. The summed E-state index contributed by atoms with van der Waals surface area (Å²) in [7, 11) is 1.60. The Morgan fingerprint density at radius 1 is 1.28 bits per heavy atom. The highest BCUT2D eigenvalue weighted by Gasteiger charge is 2.20. The monoisotopic (exact) mass is 409 g/mol. The number of carbonyl (C=O) groups excluding carboxylic acids is 1. The lowest BCUT2D eigenvalue weighted by Gasteiger charge is -2.05. The Morgan fingerprint density at radius 2 is 2.07 bits per heavy atom. The van der Waals surface area contributed by atoms with Gasteiger partial charge in [0.25, 0.3) is 17.5 Å². The van der Waals surface area contributed by atoms with E-state index in [1.165, 1.54) is 36.5 Å². The van der Waals surface area contributed by atoms with Crippen LogP contribution in [0.1, 0.15) is 15.9 Å². The predicted octanol–water partition coefficient (Wildman–Crippen LogP) is 3.94. The number of nitro groups is 1. The first-order chi connectivity index (χ1) is 14.0. The molecule has 0 fully saturated rings. The molecule has 0 saturated carbocycles. The fourth-order valence-corrected chi connectivity index (χ4v) is 3.78. The normalized spacial score (nSPS) is 10.8. The van der Waals surface area contributed by atoms with Crippen molar-refractivity contribution in [2.45, 2.75) is 6.92 Å². The first kappa shape index (κ1) is 18.6. The number of thiazole rings is 1. The van der Waals surface area contributed by atoms with Crippen molar-refractivity contribution in [2.24, 2.45) is 0 Å². The molecule has 146 valence electrons. The molecule has 0 bridgehead atoms. The Balaban J connectivity index is 1.65. The van der Waals surface area contributed by atoms with E-state index in [1.54, 1.807) is 11.6 Å². The standard InChI is InChI=1S/C19H15N5O4S/c1-11-14(7-4-8-15(11)24(26)27)17(25)20-18-21-19-23(22-18)16(10-29-19)12-5-3-6-13(9-12)28-2/h3-10H,1-2H3,(H,20,22,25). The van der Waals surface area contributed by atoms with Gasteiger partial charge in [-0.05, 0) is 25.1 Å². The second-order valence-electron chi connectivity index (χ2n) is 6.14. The molecule has 0 aliphatic rings. The molecule has 0 unspecified atom stereocenters. The third-order valence-corrected chi connectivity index (χ3v) is 5.24. The van der Waals surface area contributed by atoms with E-state index in [0.29, 0.717) is 4.96 Å². The summed E-state index contributed by atoms with van der Waals surface area (Å²) >= 11 is 1.38. The summed E-state index contributed by atoms with van der Waals surface area (Å²) in [6.45, 7) is 1.53. The number of rotatable bonds is 5. The van der Waals surface area contributed by atoms with Gasteiger partial charge >= 0.3 is 0 Å². The van der Waals surface area contributed by atoms with E-state index in [2.05, 4.69) is 15.4 Å². The molecular formula is C19H15N5O4S. The second kappa shape index (κ2) is 7.32. The molecule has 4 rings (SSSR count). The molecule has 0 spiro atoms. The van der Waals surface area contributed by atoms with Crippen molar-refractivity contribution in [3.8, 4) is 17.0 Å². The van der Waals surface area contributed by atoms with Gasteiger partial charge in [-0.25, -0.2) is 4.52 Å². The molecule has 0 radical (unpaired) electrons. The summed E-state index contributed by atoms with van der Waals surface area (Å²) in [6, 6.07) is 11.9. The molecule has 2 aromatic heterocycles. The Morgan fingerprint density at radius 3 is 2.83 bits per heavy atom. The Hall–Kier alpha value is -3.79. The van der Waals surface area contributed by atoms with Gasteiger partial charge in [0.1, 0.15) is 5.75 Å². The van der Waals surface area contributed by atoms with Crippen LogP contribution in [0.4, 0.5) is 11.6 Å². The number of nitrogens with zero attached hydrogens (tertiary/aromatic N) is 4. The number of methoxy groups -OCH3 is 1. The molecule has 2 heterocycles. The SMILES string of the molecule is COc1cccc(-c2csc3nc(NC(=O)c4cccc([N+](=O)[O-])c4C)nn23)c1. The summed E-state index contributed by atoms with van der Waals surface area (Å²) in [5.41, 5.74) is 2.08. The van der Waals surface area contributed by atoms with E-state index >= 15 is 0 Å². The van der Waals surface area contributed by atoms with Crippen molar-refractivity contribution in [1.29, 1.82) is 0 Å². The number of nitrogens with one attached hydrogen (secondary N) is 1. The number of fused-ring (bicyclic) bond motifs is 1. The van der Waals surface area contributed by atoms with E-state index in [9.17, 15) is 14.9 Å². The van der Waals surface area contributed by atoms with Crippen molar-refractivity contribution >= 4 is 33.8 Å². The smallest absolute Gasteiger partial charge is 0.273 e. The average Bonchev–Trinajstić information content (AvgIpc) is 3.28. The molecule has 4 aromatic rings. The lowest BCUT2D eigenvalue weighted by Crippen LogP contribution is -2.15. The molecule has 0 saturated heterocycles. The van der Waals surface area contributed by atoms with Crippen molar-refractivity contribution in [3.63, 3.8) is 0 Å². The topological polar surface area (TPSA) is 112 Å². The number of benzene rings is 2. The minimum Gasteiger partial charge on any atom is -0.497 e. The Kier molecular flexibility index (Phi) is 4.69. The van der Waals surface area contributed by atoms with Crippen LogP contribution in [-0.2, 0) is 0 Å². The van der Waals surface area contributed by atoms with Crippen molar-refractivity contribution in [1.82, 2.24) is 14.6 Å². The zero-order chi connectivity index (χ0) is 20.5. The Labute approximate surface area is 168 Å². The Bertz CT molecular complexity index is 1250. The fourth-order valence-electron chi connectivity index (χ4n) is 2.95. The number of aromatic nitrogens is 3. The minimum atomic E-state index is -0.516. The van der Waals surface area contributed by atoms with Gasteiger partial charge in [0.05, 0.1) is 17.7 Å². The fraction of sp³-hybridized carbons (Fsp3) is 0.105. The van der Waals surface area contributed by atoms with Gasteiger partial charge in [-0.3, -0.25) is 20.2 Å². The molecule has 0 aliphatic heterocycles. The molecule has 2 aromatic carbocycles. The molecule has 29 heavy (non-hydrogen) atoms. The number of ether oxygens (including phenoxy) is 1. The number of hydrogen-bond donors (Lipinski definition) is 1. The van der Waals surface area contributed by atoms with Crippen LogP contribution in [-0.4, -0.2) is 32.5 Å². The van der Waals surface area contributed by atoms with Crippen LogP contribution in [0.25, 0.3) is 16.2 Å². The van der Waals surface area contributed by atoms with E-state index < -0.39 is 10.8 Å². The largest absolute Gasteiger partial charge is 0.497 e. The number of nitro benzene ring substituents is 1. The van der Waals surface area contributed by atoms with Gasteiger partial charge in [-0.2, -0.15) is 4.98 Å². The minimum absolute atomic E-state index is 0.114. The lowest BCUT2D eigenvalue weighted by molar-refractivity contribution is -0.385. The van der Waals surface area contributed by atoms with Crippen LogP contribution in [0.2, 0.25) is 0 Å². The number of hydrogen-bond acceptors (Lipinski definition) is 7. The third kappa shape index (κ3) is 3.41. The molecule has 1 N–H and O–H groups in total. The van der Waals surface area contributed by atoms with Crippen LogP contribution in [0.5, 0.6) is 5.75 Å². The summed E-state index contributed by atoms with van der Waals surface area (Å²) in [5, 5.41) is 20.0. The average molecular weight is 409 g/mol. The molecule has 0 atom stereocenters. The van der Waals surface area contributed by atoms with Crippen molar-refractivity contribution < 1.29 is 14.5 Å². The van der Waals surface area contributed by atoms with Crippen LogP contribution < -0.4 is 10.1 Å². The zero-order valence-corrected chi connectivity index (χ0v) is 16.3. The first-order valence-corrected chi connectivity index (χ1v) is 9.40. The van der Waals surface area contributed by atoms with Crippen LogP contribution >= 0.6 is 11.3 Å². The molecule has 0 aliphatic carbocycles. The van der Waals surface area contributed by atoms with Crippen molar-refractivity contribution in [2.75, 3.05) is 12.4 Å². The molecule has 9 nitrogen and oxygen atoms in total. The summed E-state index contributed by atoms with van der Waals surface area (Å²) in [6.07, 6.45) is 0.